The number of fused-ring (bicyclic) bond motifs is 1. The van der Waals surface area contributed by atoms with E-state index in [2.05, 4.69) is 25.6 Å². The van der Waals surface area contributed by atoms with E-state index in [-0.39, 0.29) is 11.8 Å². The molecule has 1 aliphatic rings. The highest BCUT2D eigenvalue weighted by atomic mass is 16.2. The minimum Gasteiger partial charge on any atom is -0.378 e. The summed E-state index contributed by atoms with van der Waals surface area (Å²) in [6.07, 6.45) is 1.52. The molecule has 0 unspecified atom stereocenters. The minimum absolute atomic E-state index is 0.0198. The summed E-state index contributed by atoms with van der Waals surface area (Å²) in [6.45, 7) is 3.90. The zero-order valence-corrected chi connectivity index (χ0v) is 15.6. The molecular formula is C18H22N8O. The fraction of sp³-hybridized carbons (Fsp3) is 0.389. The third kappa shape index (κ3) is 3.16. The van der Waals surface area contributed by atoms with E-state index < -0.39 is 0 Å². The Balaban J connectivity index is 1.40. The largest absolute Gasteiger partial charge is 0.378 e. The Morgan fingerprint density at radius 2 is 1.96 bits per heavy atom. The predicted octanol–water partition coefficient (Wildman–Crippen LogP) is 1.38. The monoisotopic (exact) mass is 366 g/mol. The van der Waals surface area contributed by atoms with Crippen LogP contribution in [-0.4, -0.2) is 58.1 Å². The Morgan fingerprint density at radius 1 is 1.22 bits per heavy atom. The van der Waals surface area contributed by atoms with Crippen LogP contribution in [0, 0.1) is 5.92 Å². The quantitative estimate of drug-likeness (QED) is 0.729. The van der Waals surface area contributed by atoms with Crippen LogP contribution in [0.15, 0.2) is 30.6 Å². The zero-order valence-electron chi connectivity index (χ0n) is 15.6. The Labute approximate surface area is 157 Å². The molecule has 4 rings (SSSR count). The van der Waals surface area contributed by atoms with Crippen molar-refractivity contribution in [1.29, 1.82) is 0 Å². The van der Waals surface area contributed by atoms with Gasteiger partial charge in [-0.2, -0.15) is 0 Å². The molecule has 1 fully saturated rings. The van der Waals surface area contributed by atoms with Crippen LogP contribution >= 0.6 is 0 Å². The number of aromatic nitrogens is 5. The van der Waals surface area contributed by atoms with Gasteiger partial charge < -0.3 is 15.1 Å². The second-order valence-corrected chi connectivity index (χ2v) is 6.81. The summed E-state index contributed by atoms with van der Waals surface area (Å²) in [5, 5.41) is 11.3. The van der Waals surface area contributed by atoms with E-state index in [4.69, 9.17) is 0 Å². The first-order valence-electron chi connectivity index (χ1n) is 8.94. The van der Waals surface area contributed by atoms with Crippen LogP contribution in [0.2, 0.25) is 0 Å². The molecular weight excluding hydrogens is 344 g/mol. The number of benzene rings is 1. The number of hydrogen-bond acceptors (Lipinski definition) is 7. The summed E-state index contributed by atoms with van der Waals surface area (Å²) in [7, 11) is 3.97. The van der Waals surface area contributed by atoms with Gasteiger partial charge in [0, 0.05) is 45.1 Å². The summed E-state index contributed by atoms with van der Waals surface area (Å²) in [6, 6.07) is 7.80. The lowest BCUT2D eigenvalue weighted by atomic mass is 9.99. The number of hydrogen-bond donors (Lipinski definition) is 1. The first kappa shape index (κ1) is 17.2. The van der Waals surface area contributed by atoms with Crippen molar-refractivity contribution in [3.05, 3.63) is 30.6 Å². The molecule has 0 bridgehead atoms. The number of carbonyl (C=O) groups is 1. The summed E-state index contributed by atoms with van der Waals surface area (Å²) >= 11 is 0. The standard InChI is InChI=1S/C18H22N8O/c1-4-26-17-15(22-23-26)16(19-11-20-17)25-9-12(10-25)18(27)21-13-5-7-14(8-6-13)24(2)3/h5-8,11-12H,4,9-10H2,1-3H3,(H,21,27). The number of rotatable bonds is 5. The minimum atomic E-state index is -0.0789. The fourth-order valence-corrected chi connectivity index (χ4v) is 3.13. The lowest BCUT2D eigenvalue weighted by Crippen LogP contribution is -2.52. The van der Waals surface area contributed by atoms with Gasteiger partial charge >= 0.3 is 0 Å². The number of carbonyl (C=O) groups excluding carboxylic acids is 1. The Kier molecular flexibility index (Phi) is 4.35. The highest BCUT2D eigenvalue weighted by Crippen LogP contribution is 2.28. The molecule has 0 spiro atoms. The van der Waals surface area contributed by atoms with Crippen molar-refractivity contribution in [1.82, 2.24) is 25.0 Å². The molecule has 1 aliphatic heterocycles. The average Bonchev–Trinajstić information content (AvgIpc) is 3.05. The molecule has 1 amide bonds. The lowest BCUT2D eigenvalue weighted by molar-refractivity contribution is -0.120. The summed E-state index contributed by atoms with van der Waals surface area (Å²) in [4.78, 5) is 25.2. The van der Waals surface area contributed by atoms with Gasteiger partial charge in [0.1, 0.15) is 6.33 Å². The third-order valence-electron chi connectivity index (χ3n) is 4.78. The highest BCUT2D eigenvalue weighted by Gasteiger charge is 2.35. The first-order chi connectivity index (χ1) is 13.1. The van der Waals surface area contributed by atoms with Crippen LogP contribution in [0.4, 0.5) is 17.2 Å². The van der Waals surface area contributed by atoms with Gasteiger partial charge in [-0.3, -0.25) is 4.79 Å². The molecule has 1 saturated heterocycles. The van der Waals surface area contributed by atoms with Crippen LogP contribution in [0.1, 0.15) is 6.92 Å². The molecule has 9 heteroatoms. The fourth-order valence-electron chi connectivity index (χ4n) is 3.13. The van der Waals surface area contributed by atoms with Crippen LogP contribution in [-0.2, 0) is 11.3 Å². The molecule has 27 heavy (non-hydrogen) atoms. The summed E-state index contributed by atoms with van der Waals surface area (Å²) in [5.41, 5.74) is 3.30. The maximum atomic E-state index is 12.5. The highest BCUT2D eigenvalue weighted by molar-refractivity contribution is 5.95. The van der Waals surface area contributed by atoms with E-state index in [1.54, 1.807) is 4.68 Å². The van der Waals surface area contributed by atoms with Crippen LogP contribution in [0.5, 0.6) is 0 Å². The number of aryl methyl sites for hydroxylation is 1. The molecule has 140 valence electrons. The molecule has 2 aromatic heterocycles. The van der Waals surface area contributed by atoms with Crippen LogP contribution < -0.4 is 15.1 Å². The van der Waals surface area contributed by atoms with E-state index in [0.29, 0.717) is 25.2 Å². The summed E-state index contributed by atoms with van der Waals surface area (Å²) in [5.74, 6) is 0.676. The number of nitrogens with one attached hydrogen (secondary N) is 1. The second-order valence-electron chi connectivity index (χ2n) is 6.81. The van der Waals surface area contributed by atoms with Gasteiger partial charge in [-0.25, -0.2) is 14.6 Å². The smallest absolute Gasteiger partial charge is 0.231 e. The topological polar surface area (TPSA) is 92.1 Å². The van der Waals surface area contributed by atoms with Gasteiger partial charge in [0.2, 0.25) is 5.91 Å². The van der Waals surface area contributed by atoms with Crippen molar-refractivity contribution in [2.75, 3.05) is 42.3 Å². The first-order valence-corrected chi connectivity index (χ1v) is 8.94. The van der Waals surface area contributed by atoms with Gasteiger partial charge in [0.15, 0.2) is 17.0 Å². The normalized spacial score (nSPS) is 14.3. The molecule has 9 nitrogen and oxygen atoms in total. The van der Waals surface area contributed by atoms with Crippen molar-refractivity contribution < 1.29 is 4.79 Å². The van der Waals surface area contributed by atoms with Gasteiger partial charge in [-0.1, -0.05) is 5.21 Å². The van der Waals surface area contributed by atoms with E-state index in [1.165, 1.54) is 6.33 Å². The number of amides is 1. The molecule has 1 N–H and O–H groups in total. The van der Waals surface area contributed by atoms with Crippen molar-refractivity contribution >= 4 is 34.3 Å². The molecule has 0 saturated carbocycles. The van der Waals surface area contributed by atoms with Gasteiger partial charge in [-0.15, -0.1) is 5.10 Å². The molecule has 1 aromatic carbocycles. The number of nitrogens with zero attached hydrogens (tertiary/aromatic N) is 7. The molecule has 0 aliphatic carbocycles. The average molecular weight is 366 g/mol. The Morgan fingerprint density at radius 3 is 2.63 bits per heavy atom. The van der Waals surface area contributed by atoms with Crippen molar-refractivity contribution in [3.8, 4) is 0 Å². The molecule has 0 atom stereocenters. The summed E-state index contributed by atoms with van der Waals surface area (Å²) < 4.78 is 1.74. The lowest BCUT2D eigenvalue weighted by Gasteiger charge is -2.38. The van der Waals surface area contributed by atoms with Crippen LogP contribution in [0.3, 0.4) is 0 Å². The van der Waals surface area contributed by atoms with E-state index in [1.807, 2.05) is 55.1 Å². The molecule has 3 heterocycles. The van der Waals surface area contributed by atoms with Crippen LogP contribution in [0.25, 0.3) is 11.2 Å². The molecule has 3 aromatic rings. The van der Waals surface area contributed by atoms with E-state index in [0.717, 1.165) is 22.8 Å². The molecule has 0 radical (unpaired) electrons. The van der Waals surface area contributed by atoms with Gasteiger partial charge in [0.05, 0.1) is 5.92 Å². The Bertz CT molecular complexity index is 959. The van der Waals surface area contributed by atoms with Gasteiger partial charge in [-0.05, 0) is 31.2 Å². The van der Waals surface area contributed by atoms with Crippen molar-refractivity contribution in [2.24, 2.45) is 5.92 Å². The second kappa shape index (κ2) is 6.82. The number of anilines is 3. The van der Waals surface area contributed by atoms with E-state index >= 15 is 0 Å². The van der Waals surface area contributed by atoms with Gasteiger partial charge in [0.25, 0.3) is 0 Å². The third-order valence-corrected chi connectivity index (χ3v) is 4.78. The Hall–Kier alpha value is -3.23. The maximum Gasteiger partial charge on any atom is 0.231 e. The van der Waals surface area contributed by atoms with Crippen molar-refractivity contribution in [2.45, 2.75) is 13.5 Å². The SMILES string of the molecule is CCn1nnc2c(N3CC(C(=O)Nc4ccc(N(C)C)cc4)C3)ncnc21. The maximum absolute atomic E-state index is 12.5. The van der Waals surface area contributed by atoms with Crippen molar-refractivity contribution in [3.63, 3.8) is 0 Å². The van der Waals surface area contributed by atoms with E-state index in [9.17, 15) is 4.79 Å². The predicted molar refractivity (Wildman–Crippen MR) is 104 cm³/mol. The zero-order chi connectivity index (χ0) is 19.0.